The maximum atomic E-state index is 12.1. The summed E-state index contributed by atoms with van der Waals surface area (Å²) in [5.74, 6) is 0. The third-order valence-electron chi connectivity index (χ3n) is 5.53. The van der Waals surface area contributed by atoms with Crippen molar-refractivity contribution in [3.63, 3.8) is 0 Å². The minimum absolute atomic E-state index is 0.456. The normalized spacial score (nSPS) is 24.4. The van der Waals surface area contributed by atoms with E-state index in [1.807, 2.05) is 0 Å². The third-order valence-corrected chi connectivity index (χ3v) is 6.57. The number of rotatable bonds is 16. The predicted octanol–water partition coefficient (Wildman–Crippen LogP) is 5.85. The second-order valence-corrected chi connectivity index (χ2v) is 11.2. The average Bonchev–Trinajstić information content (AvgIpc) is 3.00. The van der Waals surface area contributed by atoms with Crippen LogP contribution in [0.25, 0.3) is 0 Å². The van der Waals surface area contributed by atoms with Crippen LogP contribution in [0.4, 0.5) is 4.79 Å². The van der Waals surface area contributed by atoms with Crippen molar-refractivity contribution in [2.24, 2.45) is 0 Å². The molecule has 9 heteroatoms. The number of alkyl carbamates (subject to hydrolysis) is 1. The maximum absolute atomic E-state index is 12.1. The van der Waals surface area contributed by atoms with Crippen molar-refractivity contribution in [1.82, 2.24) is 5.32 Å². The molecule has 1 rings (SSSR count). The highest BCUT2D eigenvalue weighted by Crippen LogP contribution is 2.54. The summed E-state index contributed by atoms with van der Waals surface area (Å²) in [5.41, 5.74) is -0.697. The molecule has 4 atom stereocenters. The van der Waals surface area contributed by atoms with Crippen molar-refractivity contribution in [1.29, 1.82) is 0 Å². The maximum Gasteiger partial charge on any atom is 0.472 e. The van der Waals surface area contributed by atoms with Crippen molar-refractivity contribution in [3.05, 3.63) is 0 Å². The summed E-state index contributed by atoms with van der Waals surface area (Å²) in [6.07, 6.45) is 12.9. The second-order valence-electron chi connectivity index (χ2n) is 9.80. The van der Waals surface area contributed by atoms with Crippen LogP contribution in [-0.4, -0.2) is 46.6 Å². The number of phosphoric acid groups is 1. The van der Waals surface area contributed by atoms with Gasteiger partial charge in [-0.15, -0.1) is 0 Å². The molecule has 0 saturated carbocycles. The Morgan fingerprint density at radius 2 is 1.47 bits per heavy atom. The minimum atomic E-state index is -4.19. The summed E-state index contributed by atoms with van der Waals surface area (Å²) in [4.78, 5) is 21.8. The molecule has 0 aromatic carbocycles. The van der Waals surface area contributed by atoms with E-state index in [0.29, 0.717) is 6.42 Å². The molecular weight excluding hydrogens is 433 g/mol. The van der Waals surface area contributed by atoms with Gasteiger partial charge in [-0.05, 0) is 27.2 Å². The highest BCUT2D eigenvalue weighted by atomic mass is 31.2. The SMILES string of the molecule is CCCCCCCCCCCCCC[C@H]1OP(=O)(O)O[C@H]1[C@H](CO)NC(=O)OC(C)(C)C. The van der Waals surface area contributed by atoms with Crippen LogP contribution in [-0.2, 0) is 18.3 Å². The van der Waals surface area contributed by atoms with Crippen LogP contribution in [0.5, 0.6) is 0 Å². The lowest BCUT2D eigenvalue weighted by atomic mass is 9.99. The molecule has 1 aliphatic rings. The van der Waals surface area contributed by atoms with Gasteiger partial charge in [0.2, 0.25) is 0 Å². The van der Waals surface area contributed by atoms with Crippen LogP contribution in [0.15, 0.2) is 0 Å². The summed E-state index contributed by atoms with van der Waals surface area (Å²) in [6.45, 7) is 6.97. The molecule has 8 nitrogen and oxygen atoms in total. The van der Waals surface area contributed by atoms with Gasteiger partial charge in [0.1, 0.15) is 11.7 Å². The van der Waals surface area contributed by atoms with Crippen molar-refractivity contribution < 1.29 is 33.1 Å². The first-order valence-electron chi connectivity index (χ1n) is 12.4. The summed E-state index contributed by atoms with van der Waals surface area (Å²) >= 11 is 0. The molecule has 0 aliphatic carbocycles. The molecular formula is C23H46NO7P. The minimum Gasteiger partial charge on any atom is -0.444 e. The molecule has 0 aromatic rings. The monoisotopic (exact) mass is 479 g/mol. The van der Waals surface area contributed by atoms with E-state index in [9.17, 15) is 19.4 Å². The van der Waals surface area contributed by atoms with E-state index in [0.717, 1.165) is 19.3 Å². The number of phosphoric ester groups is 1. The van der Waals surface area contributed by atoms with Crippen LogP contribution in [0, 0.1) is 0 Å². The fourth-order valence-corrected chi connectivity index (χ4v) is 5.11. The lowest BCUT2D eigenvalue weighted by Crippen LogP contribution is -2.50. The van der Waals surface area contributed by atoms with Gasteiger partial charge in [-0.25, -0.2) is 9.36 Å². The van der Waals surface area contributed by atoms with Gasteiger partial charge in [-0.1, -0.05) is 84.0 Å². The quantitative estimate of drug-likeness (QED) is 0.188. The largest absolute Gasteiger partial charge is 0.472 e. The van der Waals surface area contributed by atoms with Gasteiger partial charge in [0.25, 0.3) is 0 Å². The van der Waals surface area contributed by atoms with Crippen molar-refractivity contribution in [2.75, 3.05) is 6.61 Å². The Morgan fingerprint density at radius 3 is 1.94 bits per heavy atom. The fraction of sp³-hybridized carbons (Fsp3) is 0.957. The van der Waals surface area contributed by atoms with E-state index in [1.165, 1.54) is 57.8 Å². The van der Waals surface area contributed by atoms with E-state index in [1.54, 1.807) is 20.8 Å². The van der Waals surface area contributed by atoms with Gasteiger partial charge in [-0.3, -0.25) is 9.05 Å². The number of hydrogen-bond donors (Lipinski definition) is 3. The number of aliphatic hydroxyl groups excluding tert-OH is 1. The number of unbranched alkanes of at least 4 members (excludes halogenated alkanes) is 11. The Bertz CT molecular complexity index is 567. The Labute approximate surface area is 194 Å². The average molecular weight is 480 g/mol. The summed E-state index contributed by atoms with van der Waals surface area (Å²) < 4.78 is 27.6. The lowest BCUT2D eigenvalue weighted by Gasteiger charge is -2.27. The number of hydrogen-bond acceptors (Lipinski definition) is 6. The molecule has 0 bridgehead atoms. The fourth-order valence-electron chi connectivity index (χ4n) is 3.90. The first kappa shape index (κ1) is 29.4. The van der Waals surface area contributed by atoms with Gasteiger partial charge in [-0.2, -0.15) is 0 Å². The molecule has 1 saturated heterocycles. The number of ether oxygens (including phenoxy) is 1. The molecule has 1 amide bonds. The van der Waals surface area contributed by atoms with Crippen LogP contribution < -0.4 is 5.32 Å². The molecule has 1 unspecified atom stereocenters. The molecule has 1 aliphatic heterocycles. The van der Waals surface area contributed by atoms with E-state index in [2.05, 4.69) is 12.2 Å². The lowest BCUT2D eigenvalue weighted by molar-refractivity contribution is 0.0336. The number of aliphatic hydroxyl groups is 1. The van der Waals surface area contributed by atoms with E-state index >= 15 is 0 Å². The third kappa shape index (κ3) is 13.1. The Kier molecular flexibility index (Phi) is 14.0. The molecule has 1 heterocycles. The van der Waals surface area contributed by atoms with Gasteiger partial charge in [0.15, 0.2) is 0 Å². The summed E-state index contributed by atoms with van der Waals surface area (Å²) in [5, 5.41) is 12.2. The highest BCUT2D eigenvalue weighted by molar-refractivity contribution is 7.47. The molecule has 190 valence electrons. The smallest absolute Gasteiger partial charge is 0.444 e. The zero-order valence-corrected chi connectivity index (χ0v) is 21.4. The van der Waals surface area contributed by atoms with E-state index in [4.69, 9.17) is 13.8 Å². The summed E-state index contributed by atoms with van der Waals surface area (Å²) in [6, 6.07) is -0.893. The van der Waals surface area contributed by atoms with Crippen molar-refractivity contribution in [2.45, 2.75) is 135 Å². The topological polar surface area (TPSA) is 114 Å². The first-order valence-corrected chi connectivity index (χ1v) is 13.9. The number of carbonyl (C=O) groups is 1. The zero-order chi connectivity index (χ0) is 24.0. The Balaban J connectivity index is 2.31. The first-order chi connectivity index (χ1) is 15.1. The Hall–Kier alpha value is -0.660. The second kappa shape index (κ2) is 15.3. The van der Waals surface area contributed by atoms with Gasteiger partial charge in [0.05, 0.1) is 18.8 Å². The van der Waals surface area contributed by atoms with Crippen LogP contribution in [0.1, 0.15) is 111 Å². The standard InChI is InChI=1S/C23H46NO7P/c1-5-6-7-8-9-10-11-12-13-14-15-16-17-20-21(31-32(27,28)30-20)19(18-25)24-22(26)29-23(2,3)4/h19-21,25H,5-18H2,1-4H3,(H,24,26)(H,27,28)/t19-,20+,21-/m0/s1. The summed E-state index contributed by atoms with van der Waals surface area (Å²) in [7, 11) is -4.19. The highest BCUT2D eigenvalue weighted by Gasteiger charge is 2.47. The Morgan fingerprint density at radius 1 is 0.969 bits per heavy atom. The van der Waals surface area contributed by atoms with Gasteiger partial charge < -0.3 is 20.1 Å². The zero-order valence-electron chi connectivity index (χ0n) is 20.5. The predicted molar refractivity (Wildman–Crippen MR) is 126 cm³/mol. The van der Waals surface area contributed by atoms with E-state index in [-0.39, 0.29) is 0 Å². The molecule has 0 radical (unpaired) electrons. The number of nitrogens with one attached hydrogen (secondary N) is 1. The number of amides is 1. The van der Waals surface area contributed by atoms with Crippen LogP contribution in [0.3, 0.4) is 0 Å². The van der Waals surface area contributed by atoms with Crippen molar-refractivity contribution in [3.8, 4) is 0 Å². The molecule has 0 aromatic heterocycles. The number of carbonyl (C=O) groups excluding carboxylic acids is 1. The van der Waals surface area contributed by atoms with Crippen LogP contribution >= 0.6 is 7.82 Å². The van der Waals surface area contributed by atoms with Crippen molar-refractivity contribution >= 4 is 13.9 Å². The van der Waals surface area contributed by atoms with Gasteiger partial charge >= 0.3 is 13.9 Å². The van der Waals surface area contributed by atoms with E-state index < -0.39 is 44.4 Å². The molecule has 3 N–H and O–H groups in total. The molecule has 32 heavy (non-hydrogen) atoms. The van der Waals surface area contributed by atoms with Crippen LogP contribution in [0.2, 0.25) is 0 Å². The van der Waals surface area contributed by atoms with Gasteiger partial charge in [0, 0.05) is 0 Å². The molecule has 1 fully saturated rings. The molecule has 0 spiro atoms.